The van der Waals surface area contributed by atoms with Crippen molar-refractivity contribution in [3.63, 3.8) is 0 Å². The minimum absolute atomic E-state index is 0.248. The third-order valence-corrected chi connectivity index (χ3v) is 0.852. The molecule has 0 saturated carbocycles. The SMILES string of the molecule is Fc1[c]c(Cl)ccn1. The summed E-state index contributed by atoms with van der Waals surface area (Å²) in [5, 5.41) is 0.248. The van der Waals surface area contributed by atoms with Crippen LogP contribution in [0, 0.1) is 12.0 Å². The Morgan fingerprint density at radius 3 is 2.88 bits per heavy atom. The second-order valence-electron chi connectivity index (χ2n) is 1.21. The highest BCUT2D eigenvalue weighted by atomic mass is 35.5. The van der Waals surface area contributed by atoms with Gasteiger partial charge in [-0.15, -0.1) is 0 Å². The predicted octanol–water partition coefficient (Wildman–Crippen LogP) is 1.67. The Labute approximate surface area is 51.1 Å². The van der Waals surface area contributed by atoms with Gasteiger partial charge in [-0.05, 0) is 6.07 Å². The molecular formula is C5H2ClFN. The molecule has 0 aliphatic carbocycles. The highest BCUT2D eigenvalue weighted by Gasteiger charge is 1.89. The van der Waals surface area contributed by atoms with E-state index >= 15 is 0 Å². The summed E-state index contributed by atoms with van der Waals surface area (Å²) in [4.78, 5) is 3.23. The van der Waals surface area contributed by atoms with E-state index in [1.807, 2.05) is 0 Å². The summed E-state index contributed by atoms with van der Waals surface area (Å²) < 4.78 is 11.9. The van der Waals surface area contributed by atoms with Crippen LogP contribution in [0.5, 0.6) is 0 Å². The fraction of sp³-hybridized carbons (Fsp3) is 0. The molecule has 1 aromatic rings. The normalized spacial score (nSPS) is 9.25. The minimum Gasteiger partial charge on any atom is -0.228 e. The number of hydrogen-bond donors (Lipinski definition) is 0. The van der Waals surface area contributed by atoms with E-state index in [2.05, 4.69) is 11.1 Å². The summed E-state index contributed by atoms with van der Waals surface area (Å²) in [5.41, 5.74) is 0. The molecule has 1 aromatic heterocycles. The maximum Gasteiger partial charge on any atom is 0.222 e. The van der Waals surface area contributed by atoms with Crippen molar-refractivity contribution in [1.82, 2.24) is 4.98 Å². The lowest BCUT2D eigenvalue weighted by Crippen LogP contribution is -1.77. The lowest BCUT2D eigenvalue weighted by molar-refractivity contribution is 0.581. The van der Waals surface area contributed by atoms with Crippen molar-refractivity contribution in [1.29, 1.82) is 0 Å². The zero-order valence-electron chi connectivity index (χ0n) is 3.86. The van der Waals surface area contributed by atoms with Crippen molar-refractivity contribution in [2.45, 2.75) is 0 Å². The van der Waals surface area contributed by atoms with Gasteiger partial charge >= 0.3 is 0 Å². The summed E-state index contributed by atoms with van der Waals surface area (Å²) in [6.07, 6.45) is 1.29. The minimum atomic E-state index is -0.669. The molecule has 0 aromatic carbocycles. The summed E-state index contributed by atoms with van der Waals surface area (Å²) in [6, 6.07) is 3.62. The van der Waals surface area contributed by atoms with Gasteiger partial charge in [0.1, 0.15) is 0 Å². The first-order valence-electron chi connectivity index (χ1n) is 1.98. The third kappa shape index (κ3) is 1.17. The maximum absolute atomic E-state index is 11.9. The smallest absolute Gasteiger partial charge is 0.222 e. The van der Waals surface area contributed by atoms with Crippen molar-refractivity contribution in [3.8, 4) is 0 Å². The Balaban J connectivity index is 3.08. The van der Waals surface area contributed by atoms with Crippen LogP contribution >= 0.6 is 11.6 Å². The number of halogens is 2. The molecule has 0 atom stereocenters. The Kier molecular flexibility index (Phi) is 1.44. The molecule has 0 amide bonds. The molecule has 0 unspecified atom stereocenters. The largest absolute Gasteiger partial charge is 0.228 e. The first kappa shape index (κ1) is 5.51. The molecule has 0 bridgehead atoms. The molecule has 1 nitrogen and oxygen atoms in total. The van der Waals surface area contributed by atoms with Gasteiger partial charge in [0, 0.05) is 6.20 Å². The van der Waals surface area contributed by atoms with Crippen molar-refractivity contribution in [2.24, 2.45) is 0 Å². The molecule has 1 heterocycles. The molecule has 3 heteroatoms. The van der Waals surface area contributed by atoms with Crippen molar-refractivity contribution >= 4 is 11.6 Å². The quantitative estimate of drug-likeness (QED) is 0.487. The average molecular weight is 131 g/mol. The Morgan fingerprint density at radius 1 is 1.75 bits per heavy atom. The first-order valence-corrected chi connectivity index (χ1v) is 2.36. The zero-order valence-corrected chi connectivity index (χ0v) is 4.61. The summed E-state index contributed by atoms with van der Waals surface area (Å²) >= 11 is 5.31. The van der Waals surface area contributed by atoms with Crippen molar-refractivity contribution in [3.05, 3.63) is 29.3 Å². The molecule has 0 spiro atoms. The molecule has 41 valence electrons. The highest BCUT2D eigenvalue weighted by molar-refractivity contribution is 6.30. The van der Waals surface area contributed by atoms with E-state index in [9.17, 15) is 4.39 Å². The average Bonchev–Trinajstić information content (AvgIpc) is 1.64. The van der Waals surface area contributed by atoms with E-state index in [0.29, 0.717) is 0 Å². The van der Waals surface area contributed by atoms with Crippen LogP contribution in [0.15, 0.2) is 12.3 Å². The van der Waals surface area contributed by atoms with E-state index in [1.165, 1.54) is 12.3 Å². The van der Waals surface area contributed by atoms with Crippen LogP contribution in [-0.2, 0) is 0 Å². The van der Waals surface area contributed by atoms with Crippen molar-refractivity contribution < 1.29 is 4.39 Å². The van der Waals surface area contributed by atoms with E-state index in [4.69, 9.17) is 11.6 Å². The van der Waals surface area contributed by atoms with E-state index in [1.54, 1.807) is 0 Å². The van der Waals surface area contributed by atoms with Gasteiger partial charge in [0.05, 0.1) is 11.1 Å². The van der Waals surface area contributed by atoms with E-state index in [0.717, 1.165) is 0 Å². The van der Waals surface area contributed by atoms with Gasteiger partial charge in [-0.3, -0.25) is 0 Å². The zero-order chi connectivity index (χ0) is 5.98. The molecule has 0 fully saturated rings. The van der Waals surface area contributed by atoms with E-state index in [-0.39, 0.29) is 5.02 Å². The molecule has 0 saturated heterocycles. The monoisotopic (exact) mass is 130 g/mol. The van der Waals surface area contributed by atoms with Crippen LogP contribution in [0.1, 0.15) is 0 Å². The van der Waals surface area contributed by atoms with Gasteiger partial charge in [0.2, 0.25) is 5.95 Å². The van der Waals surface area contributed by atoms with Crippen LogP contribution in [0.3, 0.4) is 0 Å². The second-order valence-corrected chi connectivity index (χ2v) is 1.62. The number of nitrogens with zero attached hydrogens (tertiary/aromatic N) is 1. The standard InChI is InChI=1S/C5H2ClFN/c6-4-1-2-8-5(7)3-4/h1-2H. The summed E-state index contributed by atoms with van der Waals surface area (Å²) in [5.74, 6) is -0.669. The third-order valence-electron chi connectivity index (χ3n) is 0.631. The summed E-state index contributed by atoms with van der Waals surface area (Å²) in [7, 11) is 0. The Bertz CT molecular complexity index is 172. The number of aromatic nitrogens is 1. The number of pyridine rings is 1. The number of rotatable bonds is 0. The Morgan fingerprint density at radius 2 is 2.50 bits per heavy atom. The second kappa shape index (κ2) is 2.09. The van der Waals surface area contributed by atoms with Crippen LogP contribution in [0.25, 0.3) is 0 Å². The predicted molar refractivity (Wildman–Crippen MR) is 28.0 cm³/mol. The molecule has 0 aliphatic rings. The molecule has 0 aliphatic heterocycles. The van der Waals surface area contributed by atoms with Gasteiger partial charge < -0.3 is 0 Å². The van der Waals surface area contributed by atoms with E-state index < -0.39 is 5.95 Å². The van der Waals surface area contributed by atoms with Gasteiger partial charge in [0.15, 0.2) is 0 Å². The molecule has 8 heavy (non-hydrogen) atoms. The maximum atomic E-state index is 11.9. The van der Waals surface area contributed by atoms with Gasteiger partial charge in [0.25, 0.3) is 0 Å². The van der Waals surface area contributed by atoms with Gasteiger partial charge in [-0.2, -0.15) is 4.39 Å². The fourth-order valence-electron chi connectivity index (χ4n) is 0.341. The first-order chi connectivity index (χ1) is 3.79. The van der Waals surface area contributed by atoms with Gasteiger partial charge in [-0.25, -0.2) is 4.98 Å². The topological polar surface area (TPSA) is 12.9 Å². The molecule has 0 N–H and O–H groups in total. The van der Waals surface area contributed by atoms with Crippen LogP contribution < -0.4 is 0 Å². The molecule has 1 rings (SSSR count). The number of hydrogen-bond acceptors (Lipinski definition) is 1. The fourth-order valence-corrected chi connectivity index (χ4v) is 0.475. The van der Waals surface area contributed by atoms with Crippen LogP contribution in [-0.4, -0.2) is 4.98 Å². The summed E-state index contributed by atoms with van der Waals surface area (Å²) in [6.45, 7) is 0. The highest BCUT2D eigenvalue weighted by Crippen LogP contribution is 2.04. The van der Waals surface area contributed by atoms with Gasteiger partial charge in [-0.1, -0.05) is 11.6 Å². The lowest BCUT2D eigenvalue weighted by Gasteiger charge is -1.83. The Hall–Kier alpha value is -0.630. The molecule has 1 radical (unpaired) electrons. The lowest BCUT2D eigenvalue weighted by atomic mass is 10.5. The van der Waals surface area contributed by atoms with Crippen LogP contribution in [0.4, 0.5) is 4.39 Å². The van der Waals surface area contributed by atoms with Crippen LogP contribution in [0.2, 0.25) is 5.02 Å². The molecular weight excluding hydrogens is 129 g/mol. The van der Waals surface area contributed by atoms with Crippen molar-refractivity contribution in [2.75, 3.05) is 0 Å².